The number of hydrogen-bond acceptors (Lipinski definition) is 2. The monoisotopic (exact) mass is 195 g/mol. The molecule has 0 aromatic heterocycles. The Morgan fingerprint density at radius 1 is 1.31 bits per heavy atom. The Hall–Kier alpha value is -0.960. The van der Waals surface area contributed by atoms with E-state index in [2.05, 4.69) is 5.32 Å². The maximum atomic E-state index is 10.9. The van der Waals surface area contributed by atoms with E-state index in [1.807, 2.05) is 38.1 Å². The van der Waals surface area contributed by atoms with Crippen LogP contribution in [0.1, 0.15) is 13.8 Å². The number of anilines is 1. The fourth-order valence-corrected chi connectivity index (χ4v) is 1.83. The number of carbonyl (C=O) groups is 1. The Bertz CT molecular complexity index is 299. The minimum atomic E-state index is 0.0914. The van der Waals surface area contributed by atoms with Crippen LogP contribution in [-0.4, -0.2) is 11.7 Å². The number of para-hydroxylation sites is 1. The molecule has 0 bridgehead atoms. The molecule has 1 aliphatic rings. The van der Waals surface area contributed by atoms with Gasteiger partial charge in [0.2, 0.25) is 5.91 Å². The Kier molecular flexibility index (Phi) is 3.83. The number of benzene rings is 1. The van der Waals surface area contributed by atoms with Gasteiger partial charge in [-0.05, 0) is 12.1 Å². The molecule has 1 amide bonds. The molecule has 70 valence electrons. The molecule has 1 aliphatic heterocycles. The van der Waals surface area contributed by atoms with Crippen LogP contribution in [0.15, 0.2) is 29.2 Å². The van der Waals surface area contributed by atoms with Gasteiger partial charge < -0.3 is 5.32 Å². The van der Waals surface area contributed by atoms with E-state index in [0.29, 0.717) is 5.75 Å². The van der Waals surface area contributed by atoms with Crippen molar-refractivity contribution in [2.75, 3.05) is 11.1 Å². The molecule has 0 saturated heterocycles. The van der Waals surface area contributed by atoms with Gasteiger partial charge in [0.15, 0.2) is 0 Å². The summed E-state index contributed by atoms with van der Waals surface area (Å²) in [5, 5.41) is 2.80. The lowest BCUT2D eigenvalue weighted by Crippen LogP contribution is -2.18. The molecule has 0 unspecified atom stereocenters. The molecule has 1 aromatic rings. The quantitative estimate of drug-likeness (QED) is 0.689. The van der Waals surface area contributed by atoms with E-state index in [9.17, 15) is 4.79 Å². The lowest BCUT2D eigenvalue weighted by atomic mass is 10.3. The minimum absolute atomic E-state index is 0.0914. The zero-order valence-electron chi connectivity index (χ0n) is 7.83. The normalized spacial score (nSPS) is 13.5. The average molecular weight is 195 g/mol. The molecule has 0 fully saturated rings. The Labute approximate surface area is 82.7 Å². The first-order chi connectivity index (χ1) is 6.36. The minimum Gasteiger partial charge on any atom is -0.324 e. The molecule has 0 radical (unpaired) electrons. The van der Waals surface area contributed by atoms with Crippen LogP contribution >= 0.6 is 11.8 Å². The van der Waals surface area contributed by atoms with Crippen LogP contribution in [0.4, 0.5) is 5.69 Å². The largest absolute Gasteiger partial charge is 0.324 e. The molecule has 13 heavy (non-hydrogen) atoms. The summed E-state index contributed by atoms with van der Waals surface area (Å²) in [7, 11) is 0. The molecule has 1 heterocycles. The fourth-order valence-electron chi connectivity index (χ4n) is 1.03. The topological polar surface area (TPSA) is 29.1 Å². The van der Waals surface area contributed by atoms with Crippen molar-refractivity contribution >= 4 is 23.4 Å². The van der Waals surface area contributed by atoms with Gasteiger partial charge in [0.1, 0.15) is 0 Å². The van der Waals surface area contributed by atoms with Crippen LogP contribution in [-0.2, 0) is 4.79 Å². The average Bonchev–Trinajstić information content (AvgIpc) is 2.21. The van der Waals surface area contributed by atoms with Crippen molar-refractivity contribution in [1.82, 2.24) is 0 Å². The first-order valence-electron chi connectivity index (χ1n) is 4.38. The summed E-state index contributed by atoms with van der Waals surface area (Å²) in [6.45, 7) is 4.00. The van der Waals surface area contributed by atoms with Crippen molar-refractivity contribution in [3.8, 4) is 0 Å². The maximum Gasteiger partial charge on any atom is 0.234 e. The predicted octanol–water partition coefficient (Wildman–Crippen LogP) is 2.76. The summed E-state index contributed by atoms with van der Waals surface area (Å²) >= 11 is 1.58. The highest BCUT2D eigenvalue weighted by Gasteiger charge is 2.13. The van der Waals surface area contributed by atoms with Gasteiger partial charge in [0.05, 0.1) is 11.4 Å². The third kappa shape index (κ3) is 2.49. The van der Waals surface area contributed by atoms with Crippen LogP contribution in [0.25, 0.3) is 0 Å². The van der Waals surface area contributed by atoms with E-state index in [1.165, 1.54) is 0 Å². The highest BCUT2D eigenvalue weighted by atomic mass is 32.2. The number of hydrogen-bond donors (Lipinski definition) is 1. The molecular weight excluding hydrogens is 182 g/mol. The first kappa shape index (κ1) is 10.1. The van der Waals surface area contributed by atoms with E-state index >= 15 is 0 Å². The van der Waals surface area contributed by atoms with Crippen LogP contribution in [0.2, 0.25) is 0 Å². The summed E-state index contributed by atoms with van der Waals surface area (Å²) in [5.74, 6) is 0.630. The van der Waals surface area contributed by atoms with Gasteiger partial charge >= 0.3 is 0 Å². The zero-order chi connectivity index (χ0) is 9.68. The number of rotatable bonds is 0. The van der Waals surface area contributed by atoms with Crippen molar-refractivity contribution in [3.05, 3.63) is 24.3 Å². The molecule has 2 nitrogen and oxygen atoms in total. The van der Waals surface area contributed by atoms with Gasteiger partial charge in [-0.1, -0.05) is 26.0 Å². The van der Waals surface area contributed by atoms with Gasteiger partial charge in [-0.15, -0.1) is 11.8 Å². The van der Waals surface area contributed by atoms with E-state index in [0.717, 1.165) is 10.6 Å². The van der Waals surface area contributed by atoms with E-state index < -0.39 is 0 Å². The van der Waals surface area contributed by atoms with E-state index in [4.69, 9.17) is 0 Å². The second kappa shape index (κ2) is 4.92. The van der Waals surface area contributed by atoms with Gasteiger partial charge in [0.25, 0.3) is 0 Å². The SMILES string of the molecule is CC.O=C1CSc2ccccc2N1. The Morgan fingerprint density at radius 2 is 2.00 bits per heavy atom. The summed E-state index contributed by atoms with van der Waals surface area (Å²) in [6.07, 6.45) is 0. The Morgan fingerprint density at radius 3 is 2.77 bits per heavy atom. The van der Waals surface area contributed by atoms with Crippen molar-refractivity contribution in [2.24, 2.45) is 0 Å². The predicted molar refractivity (Wildman–Crippen MR) is 57.1 cm³/mol. The Balaban J connectivity index is 0.000000396. The molecule has 1 N–H and O–H groups in total. The van der Waals surface area contributed by atoms with Crippen molar-refractivity contribution in [1.29, 1.82) is 0 Å². The molecule has 0 aliphatic carbocycles. The van der Waals surface area contributed by atoms with E-state index in [1.54, 1.807) is 11.8 Å². The maximum absolute atomic E-state index is 10.9. The summed E-state index contributed by atoms with van der Waals surface area (Å²) in [4.78, 5) is 12.1. The number of fused-ring (bicyclic) bond motifs is 1. The van der Waals surface area contributed by atoms with Crippen molar-refractivity contribution in [3.63, 3.8) is 0 Å². The van der Waals surface area contributed by atoms with Gasteiger partial charge in [0, 0.05) is 4.90 Å². The summed E-state index contributed by atoms with van der Waals surface area (Å²) < 4.78 is 0. The van der Waals surface area contributed by atoms with Crippen LogP contribution in [0, 0.1) is 0 Å². The molecular formula is C10H13NOS. The molecule has 0 spiro atoms. The molecule has 0 atom stereocenters. The number of nitrogens with one attached hydrogen (secondary N) is 1. The van der Waals surface area contributed by atoms with E-state index in [-0.39, 0.29) is 5.91 Å². The van der Waals surface area contributed by atoms with Crippen molar-refractivity contribution in [2.45, 2.75) is 18.7 Å². The van der Waals surface area contributed by atoms with Gasteiger partial charge in [-0.2, -0.15) is 0 Å². The fraction of sp³-hybridized carbons (Fsp3) is 0.300. The highest BCUT2D eigenvalue weighted by molar-refractivity contribution is 8.00. The standard InChI is InChI=1S/C8H7NOS.C2H6/c10-8-5-11-7-4-2-1-3-6(7)9-8;1-2/h1-4H,5H2,(H,9,10);1-2H3. The van der Waals surface area contributed by atoms with Crippen LogP contribution < -0.4 is 5.32 Å². The van der Waals surface area contributed by atoms with Crippen LogP contribution in [0.3, 0.4) is 0 Å². The van der Waals surface area contributed by atoms with Gasteiger partial charge in [-0.3, -0.25) is 4.79 Å². The zero-order valence-corrected chi connectivity index (χ0v) is 8.65. The summed E-state index contributed by atoms with van der Waals surface area (Å²) in [5.41, 5.74) is 0.939. The molecule has 2 rings (SSSR count). The van der Waals surface area contributed by atoms with Crippen molar-refractivity contribution < 1.29 is 4.79 Å². The number of amides is 1. The molecule has 0 saturated carbocycles. The van der Waals surface area contributed by atoms with Crippen LogP contribution in [0.5, 0.6) is 0 Å². The lowest BCUT2D eigenvalue weighted by molar-refractivity contribution is -0.113. The molecule has 1 aromatic carbocycles. The number of carbonyl (C=O) groups excluding carboxylic acids is 1. The molecule has 3 heteroatoms. The number of thioether (sulfide) groups is 1. The second-order valence-corrected chi connectivity index (χ2v) is 3.35. The third-order valence-corrected chi connectivity index (χ3v) is 2.59. The second-order valence-electron chi connectivity index (χ2n) is 2.33. The first-order valence-corrected chi connectivity index (χ1v) is 5.36. The van der Waals surface area contributed by atoms with Gasteiger partial charge in [-0.25, -0.2) is 0 Å². The highest BCUT2D eigenvalue weighted by Crippen LogP contribution is 2.30. The lowest BCUT2D eigenvalue weighted by Gasteiger charge is -2.14. The smallest absolute Gasteiger partial charge is 0.234 e. The third-order valence-electron chi connectivity index (χ3n) is 1.52. The summed E-state index contributed by atoms with van der Waals surface area (Å²) in [6, 6.07) is 7.83.